The Kier molecular flexibility index (Phi) is 6.81. The van der Waals surface area contributed by atoms with Crippen molar-refractivity contribution >= 4 is 27.5 Å². The van der Waals surface area contributed by atoms with Crippen LogP contribution in [0.15, 0.2) is 39.9 Å². The molecule has 2 aromatic heterocycles. The fraction of sp³-hybridized carbons (Fsp3) is 0.435. The minimum absolute atomic E-state index is 0.252. The Labute approximate surface area is 184 Å². The molecule has 0 N–H and O–H groups in total. The maximum atomic E-state index is 13.3. The van der Waals surface area contributed by atoms with Gasteiger partial charge in [0.1, 0.15) is 15.3 Å². The zero-order chi connectivity index (χ0) is 22.8. The molecule has 0 aliphatic rings. The Hall–Kier alpha value is -2.71. The van der Waals surface area contributed by atoms with Crippen LogP contribution in [-0.2, 0) is 29.0 Å². The molecule has 0 spiro atoms. The minimum Gasteiger partial charge on any atom is -0.456 e. The van der Waals surface area contributed by atoms with Gasteiger partial charge in [-0.2, -0.15) is 0 Å². The first kappa shape index (κ1) is 23.0. The van der Waals surface area contributed by atoms with Gasteiger partial charge in [-0.15, -0.1) is 11.3 Å². The Morgan fingerprint density at radius 3 is 2.35 bits per heavy atom. The van der Waals surface area contributed by atoms with Crippen LogP contribution < -0.4 is 11.2 Å². The highest BCUT2D eigenvalue weighted by molar-refractivity contribution is 7.20. The predicted molar refractivity (Wildman–Crippen MR) is 122 cm³/mol. The van der Waals surface area contributed by atoms with Gasteiger partial charge in [0, 0.05) is 13.7 Å². The number of thiophene rings is 1. The van der Waals surface area contributed by atoms with Gasteiger partial charge in [0.2, 0.25) is 0 Å². The van der Waals surface area contributed by atoms with Crippen LogP contribution in [0.1, 0.15) is 41.6 Å². The first-order valence-corrected chi connectivity index (χ1v) is 11.0. The van der Waals surface area contributed by atoms with Gasteiger partial charge in [0.25, 0.3) is 5.56 Å². The van der Waals surface area contributed by atoms with Crippen LogP contribution in [0.5, 0.6) is 0 Å². The molecule has 0 atom stereocenters. The van der Waals surface area contributed by atoms with Crippen LogP contribution in [0, 0.1) is 6.92 Å². The number of hydrogen-bond donors (Lipinski definition) is 0. The number of ether oxygens (including phenoxy) is 2. The van der Waals surface area contributed by atoms with Crippen molar-refractivity contribution in [2.45, 2.75) is 52.8 Å². The molecule has 2 heterocycles. The number of aromatic nitrogens is 2. The molecule has 31 heavy (non-hydrogen) atoms. The van der Waals surface area contributed by atoms with Gasteiger partial charge < -0.3 is 9.47 Å². The van der Waals surface area contributed by atoms with Crippen molar-refractivity contribution in [3.63, 3.8) is 0 Å². The summed E-state index contributed by atoms with van der Waals surface area (Å²) in [6.07, 6.45) is 0.549. The number of esters is 1. The molecule has 0 radical (unpaired) electrons. The summed E-state index contributed by atoms with van der Waals surface area (Å²) in [5, 5.41) is 0.384. The summed E-state index contributed by atoms with van der Waals surface area (Å²) in [5.41, 5.74) is 0.133. The van der Waals surface area contributed by atoms with E-state index in [4.69, 9.17) is 9.47 Å². The summed E-state index contributed by atoms with van der Waals surface area (Å²) < 4.78 is 13.5. The van der Waals surface area contributed by atoms with Gasteiger partial charge in [-0.25, -0.2) is 9.59 Å². The fourth-order valence-corrected chi connectivity index (χ4v) is 4.57. The van der Waals surface area contributed by atoms with E-state index in [-0.39, 0.29) is 18.6 Å². The first-order chi connectivity index (χ1) is 14.6. The number of methoxy groups -OCH3 is 1. The molecular weight excluding hydrogens is 416 g/mol. The molecule has 8 heteroatoms. The quantitative estimate of drug-likeness (QED) is 0.522. The lowest BCUT2D eigenvalue weighted by Gasteiger charge is -2.19. The first-order valence-electron chi connectivity index (χ1n) is 10.2. The highest BCUT2D eigenvalue weighted by Crippen LogP contribution is 2.29. The van der Waals surface area contributed by atoms with Crippen molar-refractivity contribution in [2.24, 2.45) is 0 Å². The lowest BCUT2D eigenvalue weighted by molar-refractivity contribution is 0.00746. The molecule has 0 saturated heterocycles. The zero-order valence-electron chi connectivity index (χ0n) is 18.6. The molecule has 0 aliphatic carbocycles. The van der Waals surface area contributed by atoms with E-state index < -0.39 is 17.3 Å². The number of benzene rings is 1. The zero-order valence-corrected chi connectivity index (χ0v) is 19.4. The topological polar surface area (TPSA) is 79.5 Å². The van der Waals surface area contributed by atoms with E-state index in [1.165, 1.54) is 9.13 Å². The van der Waals surface area contributed by atoms with Crippen LogP contribution in [0.4, 0.5) is 0 Å². The third-order valence-corrected chi connectivity index (χ3v) is 6.16. The molecule has 1 aromatic carbocycles. The Morgan fingerprint density at radius 2 is 1.74 bits per heavy atom. The smallest absolute Gasteiger partial charge is 0.349 e. The molecular formula is C23H28N2O5S. The lowest BCUT2D eigenvalue weighted by Crippen LogP contribution is -2.40. The van der Waals surface area contributed by atoms with E-state index in [2.05, 4.69) is 0 Å². The monoisotopic (exact) mass is 444 g/mol. The molecule has 0 aliphatic heterocycles. The SMILES string of the molecule is COCCn1c(=O)n(CCc2ccccc2)c(=O)c2c(C)c(C(=O)OC(C)(C)C)sc21. The highest BCUT2D eigenvalue weighted by atomic mass is 32.1. The second-order valence-corrected chi connectivity index (χ2v) is 9.36. The summed E-state index contributed by atoms with van der Waals surface area (Å²) in [7, 11) is 1.56. The van der Waals surface area contributed by atoms with Gasteiger partial charge in [-0.3, -0.25) is 13.9 Å². The molecule has 3 rings (SSSR count). The molecule has 7 nitrogen and oxygen atoms in total. The van der Waals surface area contributed by atoms with Crippen LogP contribution in [0.2, 0.25) is 0 Å². The van der Waals surface area contributed by atoms with E-state index in [1.807, 2.05) is 30.3 Å². The molecule has 166 valence electrons. The second kappa shape index (κ2) is 9.20. The van der Waals surface area contributed by atoms with Crippen molar-refractivity contribution in [3.05, 3.63) is 67.2 Å². The van der Waals surface area contributed by atoms with E-state index >= 15 is 0 Å². The largest absolute Gasteiger partial charge is 0.456 e. The number of hydrogen-bond acceptors (Lipinski definition) is 6. The van der Waals surface area contributed by atoms with E-state index in [0.29, 0.717) is 33.7 Å². The normalized spacial score (nSPS) is 11.8. The summed E-state index contributed by atoms with van der Waals surface area (Å²) >= 11 is 1.12. The predicted octanol–water partition coefficient (Wildman–Crippen LogP) is 3.38. The van der Waals surface area contributed by atoms with Gasteiger partial charge in [0.15, 0.2) is 0 Å². The van der Waals surface area contributed by atoms with Crippen LogP contribution in [-0.4, -0.2) is 34.4 Å². The number of carbonyl (C=O) groups is 1. The molecule has 0 amide bonds. The summed E-state index contributed by atoms with van der Waals surface area (Å²) in [6, 6.07) is 9.70. The maximum absolute atomic E-state index is 13.3. The molecule has 0 fully saturated rings. The third-order valence-electron chi connectivity index (χ3n) is 4.86. The Morgan fingerprint density at radius 1 is 1.06 bits per heavy atom. The number of fused-ring (bicyclic) bond motifs is 1. The van der Waals surface area contributed by atoms with E-state index in [9.17, 15) is 14.4 Å². The van der Waals surface area contributed by atoms with Gasteiger partial charge in [-0.1, -0.05) is 30.3 Å². The van der Waals surface area contributed by atoms with E-state index in [1.54, 1.807) is 34.8 Å². The van der Waals surface area contributed by atoms with Crippen molar-refractivity contribution in [1.29, 1.82) is 0 Å². The average molecular weight is 445 g/mol. The van der Waals surface area contributed by atoms with Crippen LogP contribution >= 0.6 is 11.3 Å². The van der Waals surface area contributed by atoms with Crippen molar-refractivity contribution in [3.8, 4) is 0 Å². The minimum atomic E-state index is -0.661. The molecule has 3 aromatic rings. The highest BCUT2D eigenvalue weighted by Gasteiger charge is 2.26. The second-order valence-electron chi connectivity index (χ2n) is 8.36. The van der Waals surface area contributed by atoms with Crippen molar-refractivity contribution in [1.82, 2.24) is 9.13 Å². The summed E-state index contributed by atoms with van der Waals surface area (Å²) in [6.45, 7) is 7.94. The molecule has 0 saturated carbocycles. The molecule has 0 bridgehead atoms. The van der Waals surface area contributed by atoms with Crippen molar-refractivity contribution < 1.29 is 14.3 Å². The van der Waals surface area contributed by atoms with Gasteiger partial charge in [0.05, 0.1) is 18.5 Å². The average Bonchev–Trinajstić information content (AvgIpc) is 3.05. The van der Waals surface area contributed by atoms with E-state index in [0.717, 1.165) is 16.9 Å². The number of nitrogens with zero attached hydrogens (tertiary/aromatic N) is 2. The summed E-state index contributed by atoms with van der Waals surface area (Å²) in [4.78, 5) is 40.1. The Balaban J connectivity index is 2.15. The number of aryl methyl sites for hydroxylation is 2. The summed E-state index contributed by atoms with van der Waals surface area (Å²) in [5.74, 6) is -0.493. The maximum Gasteiger partial charge on any atom is 0.349 e. The molecule has 0 unspecified atom stereocenters. The number of rotatable bonds is 7. The number of carbonyl (C=O) groups excluding carboxylic acids is 1. The van der Waals surface area contributed by atoms with Crippen LogP contribution in [0.3, 0.4) is 0 Å². The van der Waals surface area contributed by atoms with Crippen LogP contribution in [0.25, 0.3) is 10.2 Å². The van der Waals surface area contributed by atoms with Gasteiger partial charge in [-0.05, 0) is 45.2 Å². The standard InChI is InChI=1S/C23H28N2O5S/c1-15-17-19(26)24(12-11-16-9-7-6-8-10-16)22(28)25(13-14-29-5)20(17)31-18(15)21(27)30-23(2,3)4/h6-10H,11-14H2,1-5H3. The Bertz CT molecular complexity index is 1200. The fourth-order valence-electron chi connectivity index (χ4n) is 3.38. The third kappa shape index (κ3) is 4.97. The van der Waals surface area contributed by atoms with Gasteiger partial charge >= 0.3 is 11.7 Å². The van der Waals surface area contributed by atoms with Crippen molar-refractivity contribution in [2.75, 3.05) is 13.7 Å². The lowest BCUT2D eigenvalue weighted by atomic mass is 10.1.